The van der Waals surface area contributed by atoms with E-state index in [1.54, 1.807) is 19.1 Å². The molecule has 0 unspecified atom stereocenters. The molecule has 0 aliphatic rings. The van der Waals surface area contributed by atoms with Gasteiger partial charge < -0.3 is 4.74 Å². The van der Waals surface area contributed by atoms with E-state index < -0.39 is 0 Å². The summed E-state index contributed by atoms with van der Waals surface area (Å²) in [5.74, 6) is -0.0233. The van der Waals surface area contributed by atoms with Crippen LogP contribution >= 0.6 is 15.9 Å². The molecule has 0 saturated heterocycles. The highest BCUT2D eigenvalue weighted by atomic mass is 79.9. The van der Waals surface area contributed by atoms with Crippen LogP contribution in [0.15, 0.2) is 46.9 Å². The number of halogens is 2. The maximum atomic E-state index is 13.7. The third-order valence-corrected chi connectivity index (χ3v) is 2.88. The SMILES string of the molecule is Cc1cc(Br)cc(OCc2ccccc2)c1F. The molecule has 0 amide bonds. The van der Waals surface area contributed by atoms with E-state index in [-0.39, 0.29) is 11.6 Å². The van der Waals surface area contributed by atoms with Crippen LogP contribution in [0, 0.1) is 12.7 Å². The van der Waals surface area contributed by atoms with Gasteiger partial charge in [-0.2, -0.15) is 0 Å². The first-order chi connectivity index (χ1) is 8.16. The monoisotopic (exact) mass is 294 g/mol. The molecule has 0 fully saturated rings. The van der Waals surface area contributed by atoms with Gasteiger partial charge >= 0.3 is 0 Å². The van der Waals surface area contributed by atoms with Gasteiger partial charge in [0.05, 0.1) is 0 Å². The summed E-state index contributed by atoms with van der Waals surface area (Å²) in [4.78, 5) is 0. The van der Waals surface area contributed by atoms with E-state index in [4.69, 9.17) is 4.74 Å². The van der Waals surface area contributed by atoms with Crippen LogP contribution < -0.4 is 4.74 Å². The standard InChI is InChI=1S/C14H12BrFO/c1-10-7-12(15)8-13(14(10)16)17-9-11-5-3-2-4-6-11/h2-8H,9H2,1H3. The Labute approximate surface area is 108 Å². The molecule has 0 radical (unpaired) electrons. The van der Waals surface area contributed by atoms with Gasteiger partial charge in [-0.25, -0.2) is 4.39 Å². The van der Waals surface area contributed by atoms with E-state index >= 15 is 0 Å². The molecule has 2 aromatic rings. The van der Waals surface area contributed by atoms with Crippen LogP contribution in [0.1, 0.15) is 11.1 Å². The van der Waals surface area contributed by atoms with Crippen molar-refractivity contribution in [2.24, 2.45) is 0 Å². The van der Waals surface area contributed by atoms with E-state index in [1.807, 2.05) is 30.3 Å². The summed E-state index contributed by atoms with van der Waals surface area (Å²) in [6.07, 6.45) is 0. The molecule has 1 nitrogen and oxygen atoms in total. The van der Waals surface area contributed by atoms with E-state index in [0.29, 0.717) is 12.2 Å². The van der Waals surface area contributed by atoms with Crippen molar-refractivity contribution >= 4 is 15.9 Å². The Hall–Kier alpha value is -1.35. The van der Waals surface area contributed by atoms with Crippen molar-refractivity contribution in [3.63, 3.8) is 0 Å². The Morgan fingerprint density at radius 1 is 1.18 bits per heavy atom. The minimum atomic E-state index is -0.302. The molecule has 3 heteroatoms. The van der Waals surface area contributed by atoms with Crippen molar-refractivity contribution < 1.29 is 9.13 Å². The van der Waals surface area contributed by atoms with Crippen LogP contribution in [0.5, 0.6) is 5.75 Å². The Balaban J connectivity index is 2.14. The first kappa shape index (κ1) is 12.1. The van der Waals surface area contributed by atoms with E-state index in [9.17, 15) is 4.39 Å². The fourth-order valence-corrected chi connectivity index (χ4v) is 2.09. The van der Waals surface area contributed by atoms with Crippen LogP contribution in [0.4, 0.5) is 4.39 Å². The van der Waals surface area contributed by atoms with Gasteiger partial charge in [0.15, 0.2) is 11.6 Å². The largest absolute Gasteiger partial charge is 0.486 e. The molecule has 0 N–H and O–H groups in total. The lowest BCUT2D eigenvalue weighted by Crippen LogP contribution is -1.98. The first-order valence-electron chi connectivity index (χ1n) is 5.29. The normalized spacial score (nSPS) is 10.3. The van der Waals surface area contributed by atoms with Crippen molar-refractivity contribution in [1.29, 1.82) is 0 Å². The number of benzene rings is 2. The summed E-state index contributed by atoms with van der Waals surface area (Å²) in [6.45, 7) is 2.09. The number of rotatable bonds is 3. The maximum Gasteiger partial charge on any atom is 0.168 e. The molecule has 88 valence electrons. The minimum Gasteiger partial charge on any atom is -0.486 e. The molecule has 0 atom stereocenters. The van der Waals surface area contributed by atoms with E-state index in [1.165, 1.54) is 0 Å². The van der Waals surface area contributed by atoms with Crippen molar-refractivity contribution in [1.82, 2.24) is 0 Å². The molecule has 0 bridgehead atoms. The van der Waals surface area contributed by atoms with E-state index in [2.05, 4.69) is 15.9 Å². The molecule has 0 spiro atoms. The quantitative estimate of drug-likeness (QED) is 0.811. The smallest absolute Gasteiger partial charge is 0.168 e. The third kappa shape index (κ3) is 3.07. The van der Waals surface area contributed by atoms with Gasteiger partial charge in [0.2, 0.25) is 0 Å². The zero-order chi connectivity index (χ0) is 12.3. The van der Waals surface area contributed by atoms with Crippen LogP contribution in [-0.4, -0.2) is 0 Å². The van der Waals surface area contributed by atoms with Crippen molar-refractivity contribution in [3.05, 3.63) is 63.9 Å². The van der Waals surface area contributed by atoms with Gasteiger partial charge in [0, 0.05) is 4.47 Å². The summed E-state index contributed by atoms with van der Waals surface area (Å²) in [7, 11) is 0. The van der Waals surface area contributed by atoms with Gasteiger partial charge in [-0.3, -0.25) is 0 Å². The fourth-order valence-electron chi connectivity index (χ4n) is 1.54. The summed E-state index contributed by atoms with van der Waals surface area (Å²) >= 11 is 3.33. The average Bonchev–Trinajstić information content (AvgIpc) is 2.33. The molecule has 0 heterocycles. The molecule has 0 aliphatic carbocycles. The Morgan fingerprint density at radius 2 is 1.88 bits per heavy atom. The second-order valence-electron chi connectivity index (χ2n) is 3.81. The minimum absolute atomic E-state index is 0.278. The molecular formula is C14H12BrFO. The van der Waals surface area contributed by atoms with Crippen LogP contribution in [-0.2, 0) is 6.61 Å². The van der Waals surface area contributed by atoms with E-state index in [0.717, 1.165) is 10.0 Å². The number of aryl methyl sites for hydroxylation is 1. The Morgan fingerprint density at radius 3 is 2.59 bits per heavy atom. The lowest BCUT2D eigenvalue weighted by atomic mass is 10.2. The first-order valence-corrected chi connectivity index (χ1v) is 6.08. The molecule has 2 rings (SSSR count). The van der Waals surface area contributed by atoms with Crippen molar-refractivity contribution in [2.75, 3.05) is 0 Å². The van der Waals surface area contributed by atoms with Gasteiger partial charge in [-0.1, -0.05) is 46.3 Å². The predicted octanol–water partition coefficient (Wildman–Crippen LogP) is 4.48. The van der Waals surface area contributed by atoms with Crippen LogP contribution in [0.2, 0.25) is 0 Å². The number of hydrogen-bond donors (Lipinski definition) is 0. The average molecular weight is 295 g/mol. The molecule has 0 aliphatic heterocycles. The molecule has 17 heavy (non-hydrogen) atoms. The van der Waals surface area contributed by atoms with Crippen LogP contribution in [0.3, 0.4) is 0 Å². The van der Waals surface area contributed by atoms with Gasteiger partial charge in [-0.15, -0.1) is 0 Å². The fraction of sp³-hybridized carbons (Fsp3) is 0.143. The Bertz CT molecular complexity index is 511. The number of ether oxygens (including phenoxy) is 1. The number of hydrogen-bond acceptors (Lipinski definition) is 1. The molecular weight excluding hydrogens is 283 g/mol. The van der Waals surface area contributed by atoms with Gasteiger partial charge in [-0.05, 0) is 30.2 Å². The second-order valence-corrected chi connectivity index (χ2v) is 4.72. The topological polar surface area (TPSA) is 9.23 Å². The summed E-state index contributed by atoms with van der Waals surface area (Å²) in [5.41, 5.74) is 1.59. The molecule has 0 aromatic heterocycles. The summed E-state index contributed by atoms with van der Waals surface area (Å²) < 4.78 is 20.0. The zero-order valence-corrected chi connectivity index (χ0v) is 11.0. The predicted molar refractivity (Wildman–Crippen MR) is 69.6 cm³/mol. The summed E-state index contributed by atoms with van der Waals surface area (Å²) in [6, 6.07) is 13.1. The zero-order valence-electron chi connectivity index (χ0n) is 9.41. The highest BCUT2D eigenvalue weighted by Crippen LogP contribution is 2.26. The highest BCUT2D eigenvalue weighted by molar-refractivity contribution is 9.10. The highest BCUT2D eigenvalue weighted by Gasteiger charge is 2.08. The van der Waals surface area contributed by atoms with Crippen molar-refractivity contribution in [2.45, 2.75) is 13.5 Å². The lowest BCUT2D eigenvalue weighted by molar-refractivity contribution is 0.289. The van der Waals surface area contributed by atoms with Gasteiger partial charge in [0.25, 0.3) is 0 Å². The third-order valence-electron chi connectivity index (χ3n) is 2.42. The summed E-state index contributed by atoms with van der Waals surface area (Å²) in [5, 5.41) is 0. The molecule has 2 aromatic carbocycles. The Kier molecular flexibility index (Phi) is 3.79. The second kappa shape index (κ2) is 5.32. The molecule has 0 saturated carbocycles. The van der Waals surface area contributed by atoms with Gasteiger partial charge in [0.1, 0.15) is 6.61 Å². The lowest BCUT2D eigenvalue weighted by Gasteiger charge is -2.09. The maximum absolute atomic E-state index is 13.7. The van der Waals surface area contributed by atoms with Crippen molar-refractivity contribution in [3.8, 4) is 5.75 Å². The van der Waals surface area contributed by atoms with Crippen LogP contribution in [0.25, 0.3) is 0 Å².